The predicted octanol–water partition coefficient (Wildman–Crippen LogP) is 3.66. The monoisotopic (exact) mass is 500 g/mol. The number of ether oxygens (including phenoxy) is 1. The van der Waals surface area contributed by atoms with Crippen molar-refractivity contribution >= 4 is 41.5 Å². The van der Waals surface area contributed by atoms with Crippen LogP contribution in [0.15, 0.2) is 29.3 Å². The lowest BCUT2D eigenvalue weighted by molar-refractivity contribution is -0.116. The van der Waals surface area contributed by atoms with Crippen LogP contribution in [0.4, 0.5) is 5.69 Å². The second kappa shape index (κ2) is 11.0. The number of hydrogen-bond acceptors (Lipinski definition) is 3. The average Bonchev–Trinajstić information content (AvgIpc) is 3.22. The van der Waals surface area contributed by atoms with Crippen molar-refractivity contribution in [1.29, 1.82) is 0 Å². The van der Waals surface area contributed by atoms with E-state index in [2.05, 4.69) is 22.9 Å². The molecule has 156 valence electrons. The number of nitrogens with one attached hydrogen (secondary N) is 3. The lowest BCUT2D eigenvalue weighted by Crippen LogP contribution is -2.47. The third kappa shape index (κ3) is 6.62. The molecule has 2 aliphatic heterocycles. The molecule has 3 rings (SSSR count). The van der Waals surface area contributed by atoms with Gasteiger partial charge in [-0.25, -0.2) is 4.99 Å². The van der Waals surface area contributed by atoms with Crippen LogP contribution in [-0.4, -0.2) is 36.7 Å². The zero-order valence-corrected chi connectivity index (χ0v) is 19.4. The topological polar surface area (TPSA) is 74.8 Å². The Labute approximate surface area is 185 Å². The number of rotatable bonds is 7. The van der Waals surface area contributed by atoms with Gasteiger partial charge in [0, 0.05) is 18.7 Å². The van der Waals surface area contributed by atoms with E-state index >= 15 is 0 Å². The molecule has 1 aromatic carbocycles. The predicted molar refractivity (Wildman–Crippen MR) is 124 cm³/mol. The summed E-state index contributed by atoms with van der Waals surface area (Å²) in [5.74, 6) is 1.23. The van der Waals surface area contributed by atoms with Crippen LogP contribution in [0.25, 0.3) is 0 Å². The minimum Gasteiger partial charge on any atom is -0.373 e. The lowest BCUT2D eigenvalue weighted by atomic mass is 9.96. The van der Waals surface area contributed by atoms with Crippen molar-refractivity contribution < 1.29 is 9.53 Å². The molecule has 3 N–H and O–H groups in total. The highest BCUT2D eigenvalue weighted by Crippen LogP contribution is 2.34. The number of anilines is 1. The molecule has 3 atom stereocenters. The van der Waals surface area contributed by atoms with Gasteiger partial charge in [0.05, 0.1) is 24.8 Å². The second-order valence-corrected chi connectivity index (χ2v) is 7.90. The van der Waals surface area contributed by atoms with Crippen molar-refractivity contribution in [3.63, 3.8) is 0 Å². The van der Waals surface area contributed by atoms with E-state index in [0.29, 0.717) is 37.1 Å². The van der Waals surface area contributed by atoms with Crippen molar-refractivity contribution in [2.45, 2.75) is 71.2 Å². The van der Waals surface area contributed by atoms with Gasteiger partial charge in [-0.3, -0.25) is 4.79 Å². The van der Waals surface area contributed by atoms with Crippen LogP contribution in [0.3, 0.4) is 0 Å². The van der Waals surface area contributed by atoms with Gasteiger partial charge in [-0.1, -0.05) is 26.0 Å². The first-order chi connectivity index (χ1) is 13.0. The highest BCUT2D eigenvalue weighted by Gasteiger charge is 2.41. The Bertz CT molecular complexity index is 680. The van der Waals surface area contributed by atoms with Crippen molar-refractivity contribution in [3.05, 3.63) is 29.8 Å². The summed E-state index contributed by atoms with van der Waals surface area (Å²) in [5, 5.41) is 9.82. The molecule has 6 nitrogen and oxygen atoms in total. The van der Waals surface area contributed by atoms with Gasteiger partial charge < -0.3 is 20.7 Å². The standard InChI is InChI=1S/C21H32N4O2.HI/c1-4-22-21(25-18-12-17-8-9-19(18)27-17)23-13-15-6-5-7-16(11-15)24-20(26)10-14(2)3;/h5-7,11,14,17-19H,4,8-10,12-13H2,1-3H3,(H,24,26)(H2,22,23,25);1H. The van der Waals surface area contributed by atoms with E-state index in [1.165, 1.54) is 6.42 Å². The molecule has 0 radical (unpaired) electrons. The molecular formula is C21H33IN4O2. The Balaban J connectivity index is 0.00000280. The van der Waals surface area contributed by atoms with Gasteiger partial charge in [-0.15, -0.1) is 24.0 Å². The molecule has 2 saturated heterocycles. The molecule has 2 aliphatic rings. The van der Waals surface area contributed by atoms with E-state index in [1.807, 2.05) is 38.1 Å². The Kier molecular flexibility index (Phi) is 9.01. The fourth-order valence-electron chi connectivity index (χ4n) is 3.79. The number of halogens is 1. The minimum absolute atomic E-state index is 0. The van der Waals surface area contributed by atoms with Crippen molar-refractivity contribution in [2.75, 3.05) is 11.9 Å². The van der Waals surface area contributed by atoms with Gasteiger partial charge in [-0.05, 0) is 49.8 Å². The van der Waals surface area contributed by atoms with Gasteiger partial charge in [0.2, 0.25) is 5.91 Å². The Hall–Kier alpha value is -1.35. The molecule has 0 saturated carbocycles. The molecule has 3 unspecified atom stereocenters. The summed E-state index contributed by atoms with van der Waals surface area (Å²) in [6.45, 7) is 7.53. The van der Waals surface area contributed by atoms with Crippen LogP contribution in [0, 0.1) is 5.92 Å². The SMILES string of the molecule is CCNC(=NCc1cccc(NC(=O)CC(C)C)c1)NC1CC2CCC1O2.I. The number of carbonyl (C=O) groups excluding carboxylic acids is 1. The summed E-state index contributed by atoms with van der Waals surface area (Å²) < 4.78 is 5.92. The zero-order chi connectivity index (χ0) is 19.2. The summed E-state index contributed by atoms with van der Waals surface area (Å²) in [6.07, 6.45) is 4.65. The van der Waals surface area contributed by atoms with Crippen LogP contribution >= 0.6 is 24.0 Å². The van der Waals surface area contributed by atoms with Crippen LogP contribution in [-0.2, 0) is 16.1 Å². The van der Waals surface area contributed by atoms with Crippen LogP contribution < -0.4 is 16.0 Å². The molecule has 1 aromatic rings. The van der Waals surface area contributed by atoms with Gasteiger partial charge in [0.25, 0.3) is 0 Å². The van der Waals surface area contributed by atoms with Gasteiger partial charge in [0.15, 0.2) is 5.96 Å². The molecule has 1 amide bonds. The first kappa shape index (κ1) is 22.9. The number of aliphatic imine (C=N–C) groups is 1. The first-order valence-corrected chi connectivity index (χ1v) is 10.1. The van der Waals surface area contributed by atoms with E-state index in [4.69, 9.17) is 9.73 Å². The molecule has 2 bridgehead atoms. The number of amides is 1. The van der Waals surface area contributed by atoms with Crippen LogP contribution in [0.5, 0.6) is 0 Å². The van der Waals surface area contributed by atoms with E-state index in [1.54, 1.807) is 0 Å². The van der Waals surface area contributed by atoms with Crippen molar-refractivity contribution in [2.24, 2.45) is 10.9 Å². The average molecular weight is 500 g/mol. The smallest absolute Gasteiger partial charge is 0.224 e. The van der Waals surface area contributed by atoms with E-state index < -0.39 is 0 Å². The third-order valence-corrected chi connectivity index (χ3v) is 5.00. The number of fused-ring (bicyclic) bond motifs is 2. The number of guanidine groups is 1. The maximum absolute atomic E-state index is 12.0. The Morgan fingerprint density at radius 2 is 2.14 bits per heavy atom. The molecule has 2 heterocycles. The minimum atomic E-state index is 0. The fourth-order valence-corrected chi connectivity index (χ4v) is 3.79. The van der Waals surface area contributed by atoms with Crippen molar-refractivity contribution in [1.82, 2.24) is 10.6 Å². The number of carbonyl (C=O) groups is 1. The largest absolute Gasteiger partial charge is 0.373 e. The highest BCUT2D eigenvalue weighted by atomic mass is 127. The molecule has 0 aromatic heterocycles. The summed E-state index contributed by atoms with van der Waals surface area (Å²) >= 11 is 0. The Morgan fingerprint density at radius 3 is 2.79 bits per heavy atom. The fraction of sp³-hybridized carbons (Fsp3) is 0.619. The lowest BCUT2D eigenvalue weighted by Gasteiger charge is -2.22. The van der Waals surface area contributed by atoms with E-state index in [0.717, 1.165) is 36.6 Å². The normalized spacial score (nSPS) is 23.4. The van der Waals surface area contributed by atoms with Crippen LogP contribution in [0.2, 0.25) is 0 Å². The maximum atomic E-state index is 12.0. The molecular weight excluding hydrogens is 467 g/mol. The molecule has 28 heavy (non-hydrogen) atoms. The van der Waals surface area contributed by atoms with E-state index in [9.17, 15) is 4.79 Å². The van der Waals surface area contributed by atoms with Crippen molar-refractivity contribution in [3.8, 4) is 0 Å². The number of benzene rings is 1. The highest BCUT2D eigenvalue weighted by molar-refractivity contribution is 14.0. The number of nitrogens with zero attached hydrogens (tertiary/aromatic N) is 1. The maximum Gasteiger partial charge on any atom is 0.224 e. The Morgan fingerprint density at radius 1 is 1.32 bits per heavy atom. The summed E-state index contributed by atoms with van der Waals surface area (Å²) in [4.78, 5) is 16.7. The summed E-state index contributed by atoms with van der Waals surface area (Å²) in [6, 6.07) is 8.25. The molecule has 0 aliphatic carbocycles. The van der Waals surface area contributed by atoms with Gasteiger partial charge in [0.1, 0.15) is 0 Å². The first-order valence-electron chi connectivity index (χ1n) is 10.1. The molecule has 0 spiro atoms. The molecule has 7 heteroatoms. The zero-order valence-electron chi connectivity index (χ0n) is 17.0. The summed E-state index contributed by atoms with van der Waals surface area (Å²) in [5.41, 5.74) is 1.89. The quantitative estimate of drug-likeness (QED) is 0.304. The van der Waals surface area contributed by atoms with Gasteiger partial charge >= 0.3 is 0 Å². The van der Waals surface area contributed by atoms with E-state index in [-0.39, 0.29) is 29.9 Å². The molecule has 2 fully saturated rings. The van der Waals surface area contributed by atoms with Crippen LogP contribution in [0.1, 0.15) is 52.0 Å². The number of hydrogen-bond donors (Lipinski definition) is 3. The van der Waals surface area contributed by atoms with Gasteiger partial charge in [-0.2, -0.15) is 0 Å². The second-order valence-electron chi connectivity index (χ2n) is 7.90. The third-order valence-electron chi connectivity index (χ3n) is 5.00. The summed E-state index contributed by atoms with van der Waals surface area (Å²) in [7, 11) is 0.